The van der Waals surface area contributed by atoms with Crippen LogP contribution in [0.5, 0.6) is 0 Å². The molecule has 1 fully saturated rings. The largest absolute Gasteiger partial charge is 0.469 e. The summed E-state index contributed by atoms with van der Waals surface area (Å²) in [5.41, 5.74) is 0.0710. The quantitative estimate of drug-likeness (QED) is 0.617. The molecule has 0 radical (unpaired) electrons. The van der Waals surface area contributed by atoms with Crippen LogP contribution in [0.2, 0.25) is 0 Å². The Bertz CT molecular complexity index is 197. The minimum absolute atomic E-state index is 0.00586. The zero-order valence-electron chi connectivity index (χ0n) is 9.14. The summed E-state index contributed by atoms with van der Waals surface area (Å²) in [7, 11) is 1.49. The van der Waals surface area contributed by atoms with Gasteiger partial charge in [0.2, 0.25) is 0 Å². The highest BCUT2D eigenvalue weighted by atomic mass is 16.5. The van der Waals surface area contributed by atoms with E-state index in [1.54, 1.807) is 0 Å². The highest BCUT2D eigenvalue weighted by Gasteiger charge is 2.47. The Labute approximate surface area is 80.7 Å². The fraction of sp³-hybridized carbons (Fsp3) is 0.909. The Morgan fingerprint density at radius 2 is 1.92 bits per heavy atom. The first-order valence-corrected chi connectivity index (χ1v) is 4.98. The Kier molecular flexibility index (Phi) is 2.69. The van der Waals surface area contributed by atoms with Gasteiger partial charge in [-0.3, -0.25) is 4.79 Å². The Balaban J connectivity index is 2.65. The molecular formula is C11H20O2. The Morgan fingerprint density at radius 1 is 1.38 bits per heavy atom. The topological polar surface area (TPSA) is 26.3 Å². The lowest BCUT2D eigenvalue weighted by molar-refractivity contribution is -0.161. The molecule has 2 heteroatoms. The lowest BCUT2D eigenvalue weighted by atomic mass is 9.61. The summed E-state index contributed by atoms with van der Waals surface area (Å²) in [4.78, 5) is 11.6. The van der Waals surface area contributed by atoms with E-state index >= 15 is 0 Å². The molecule has 0 aromatic heterocycles. The van der Waals surface area contributed by atoms with Gasteiger partial charge in [0.25, 0.3) is 0 Å². The van der Waals surface area contributed by atoms with Crippen molar-refractivity contribution in [2.75, 3.05) is 7.11 Å². The van der Waals surface area contributed by atoms with Gasteiger partial charge in [-0.05, 0) is 24.7 Å². The second-order valence-corrected chi connectivity index (χ2v) is 5.36. The SMILES string of the molecule is COC(=O)C1(CC(C)(C)C)CCC1. The van der Waals surface area contributed by atoms with Gasteiger partial charge in [-0.25, -0.2) is 0 Å². The molecule has 13 heavy (non-hydrogen) atoms. The van der Waals surface area contributed by atoms with E-state index in [1.807, 2.05) is 0 Å². The van der Waals surface area contributed by atoms with Crippen molar-refractivity contribution in [3.05, 3.63) is 0 Å². The number of esters is 1. The first-order valence-electron chi connectivity index (χ1n) is 4.98. The van der Waals surface area contributed by atoms with Gasteiger partial charge in [0.05, 0.1) is 12.5 Å². The van der Waals surface area contributed by atoms with Crippen molar-refractivity contribution in [2.24, 2.45) is 10.8 Å². The highest BCUT2D eigenvalue weighted by Crippen LogP contribution is 2.49. The van der Waals surface area contributed by atoms with E-state index in [0.717, 1.165) is 19.3 Å². The third-order valence-corrected chi connectivity index (χ3v) is 2.80. The molecule has 0 atom stereocenters. The van der Waals surface area contributed by atoms with Crippen LogP contribution in [0.25, 0.3) is 0 Å². The molecule has 1 saturated carbocycles. The van der Waals surface area contributed by atoms with Crippen molar-refractivity contribution in [3.63, 3.8) is 0 Å². The second-order valence-electron chi connectivity index (χ2n) is 5.36. The molecule has 76 valence electrons. The summed E-state index contributed by atoms with van der Waals surface area (Å²) in [6.07, 6.45) is 4.14. The van der Waals surface area contributed by atoms with Crippen LogP contribution in [-0.4, -0.2) is 13.1 Å². The Hall–Kier alpha value is -0.530. The highest BCUT2D eigenvalue weighted by molar-refractivity contribution is 5.77. The van der Waals surface area contributed by atoms with Gasteiger partial charge in [-0.15, -0.1) is 0 Å². The number of ether oxygens (including phenoxy) is 1. The molecule has 0 bridgehead atoms. The first-order chi connectivity index (χ1) is 5.90. The molecular weight excluding hydrogens is 164 g/mol. The summed E-state index contributed by atoms with van der Waals surface area (Å²) >= 11 is 0. The van der Waals surface area contributed by atoms with Crippen molar-refractivity contribution in [3.8, 4) is 0 Å². The minimum Gasteiger partial charge on any atom is -0.469 e. The monoisotopic (exact) mass is 184 g/mol. The molecule has 1 aliphatic carbocycles. The smallest absolute Gasteiger partial charge is 0.311 e. The van der Waals surface area contributed by atoms with Gasteiger partial charge in [0.1, 0.15) is 0 Å². The predicted molar refractivity (Wildman–Crippen MR) is 52.4 cm³/mol. The summed E-state index contributed by atoms with van der Waals surface area (Å²) in [6.45, 7) is 6.53. The summed E-state index contributed by atoms with van der Waals surface area (Å²) in [6, 6.07) is 0. The maximum atomic E-state index is 11.6. The average Bonchev–Trinajstić information content (AvgIpc) is 1.93. The third kappa shape index (κ3) is 2.23. The fourth-order valence-electron chi connectivity index (χ4n) is 2.29. The zero-order chi connectivity index (χ0) is 10.1. The van der Waals surface area contributed by atoms with E-state index < -0.39 is 0 Å². The van der Waals surface area contributed by atoms with Crippen molar-refractivity contribution in [1.29, 1.82) is 0 Å². The summed E-state index contributed by atoms with van der Waals surface area (Å²) < 4.78 is 4.86. The number of carbonyl (C=O) groups is 1. The van der Waals surface area contributed by atoms with Crippen molar-refractivity contribution < 1.29 is 9.53 Å². The Morgan fingerprint density at radius 3 is 2.15 bits per heavy atom. The molecule has 1 aliphatic rings. The molecule has 0 heterocycles. The van der Waals surface area contributed by atoms with Crippen LogP contribution in [0.15, 0.2) is 0 Å². The summed E-state index contributed by atoms with van der Waals surface area (Å²) in [5.74, 6) is -0.00586. The minimum atomic E-state index is -0.146. The average molecular weight is 184 g/mol. The van der Waals surface area contributed by atoms with Gasteiger partial charge >= 0.3 is 5.97 Å². The van der Waals surface area contributed by atoms with E-state index in [0.29, 0.717) is 0 Å². The molecule has 0 amide bonds. The second kappa shape index (κ2) is 3.32. The van der Waals surface area contributed by atoms with Crippen molar-refractivity contribution in [2.45, 2.75) is 46.5 Å². The molecule has 0 aromatic rings. The molecule has 0 spiro atoms. The van der Waals surface area contributed by atoms with Gasteiger partial charge in [-0.2, -0.15) is 0 Å². The maximum absolute atomic E-state index is 11.6. The van der Waals surface area contributed by atoms with Crippen LogP contribution < -0.4 is 0 Å². The molecule has 0 saturated heterocycles. The van der Waals surface area contributed by atoms with Gasteiger partial charge < -0.3 is 4.74 Å². The predicted octanol–water partition coefficient (Wildman–Crippen LogP) is 2.77. The molecule has 1 rings (SSSR count). The van der Waals surface area contributed by atoms with Crippen LogP contribution in [0, 0.1) is 10.8 Å². The fourth-order valence-corrected chi connectivity index (χ4v) is 2.29. The summed E-state index contributed by atoms with van der Waals surface area (Å²) in [5, 5.41) is 0. The van der Waals surface area contributed by atoms with Crippen LogP contribution >= 0.6 is 0 Å². The number of rotatable bonds is 2. The van der Waals surface area contributed by atoms with Gasteiger partial charge in [-0.1, -0.05) is 27.2 Å². The molecule has 2 nitrogen and oxygen atoms in total. The van der Waals surface area contributed by atoms with E-state index in [-0.39, 0.29) is 16.8 Å². The molecule has 0 aromatic carbocycles. The van der Waals surface area contributed by atoms with E-state index in [9.17, 15) is 4.79 Å². The van der Waals surface area contributed by atoms with Crippen LogP contribution in [0.1, 0.15) is 46.5 Å². The van der Waals surface area contributed by atoms with E-state index in [1.165, 1.54) is 13.5 Å². The van der Waals surface area contributed by atoms with Crippen LogP contribution in [0.4, 0.5) is 0 Å². The van der Waals surface area contributed by atoms with Crippen LogP contribution in [-0.2, 0) is 9.53 Å². The molecule has 0 aliphatic heterocycles. The van der Waals surface area contributed by atoms with E-state index in [4.69, 9.17) is 4.74 Å². The molecule has 0 unspecified atom stereocenters. The molecule has 0 N–H and O–H groups in total. The lowest BCUT2D eigenvalue weighted by Crippen LogP contribution is -2.41. The van der Waals surface area contributed by atoms with Crippen molar-refractivity contribution >= 4 is 5.97 Å². The van der Waals surface area contributed by atoms with E-state index in [2.05, 4.69) is 20.8 Å². The number of hydrogen-bond acceptors (Lipinski definition) is 2. The van der Waals surface area contributed by atoms with Gasteiger partial charge in [0, 0.05) is 0 Å². The lowest BCUT2D eigenvalue weighted by Gasteiger charge is -2.42. The van der Waals surface area contributed by atoms with Crippen molar-refractivity contribution in [1.82, 2.24) is 0 Å². The number of hydrogen-bond donors (Lipinski definition) is 0. The zero-order valence-corrected chi connectivity index (χ0v) is 9.14. The standard InChI is InChI=1S/C11H20O2/c1-10(2,3)8-11(6-5-7-11)9(12)13-4/h5-8H2,1-4H3. The number of carbonyl (C=O) groups excluding carboxylic acids is 1. The van der Waals surface area contributed by atoms with Gasteiger partial charge in [0.15, 0.2) is 0 Å². The third-order valence-electron chi connectivity index (χ3n) is 2.80. The normalized spacial score (nSPS) is 20.6. The number of methoxy groups -OCH3 is 1. The van der Waals surface area contributed by atoms with Crippen LogP contribution in [0.3, 0.4) is 0 Å². The maximum Gasteiger partial charge on any atom is 0.311 e. The first kappa shape index (κ1) is 10.6.